The predicted octanol–water partition coefficient (Wildman–Crippen LogP) is 3.69. The molecule has 0 atom stereocenters. The minimum Gasteiger partial charge on any atom is -0.345 e. The highest BCUT2D eigenvalue weighted by Gasteiger charge is 2.09. The van der Waals surface area contributed by atoms with Crippen LogP contribution >= 0.6 is 0 Å². The van der Waals surface area contributed by atoms with Crippen LogP contribution in [0.3, 0.4) is 0 Å². The van der Waals surface area contributed by atoms with E-state index in [0.29, 0.717) is 17.7 Å². The summed E-state index contributed by atoms with van der Waals surface area (Å²) < 4.78 is 0. The standard InChI is InChI=1S/C17H26N2O2/c1-4-5-6-7-8-12-16(20)18-15-11-9-10-14(13-15)17(21)19(2)3/h9-11,13H,4-8,12H2,1-3H3,(H,18,20). The largest absolute Gasteiger partial charge is 0.345 e. The second-order valence-electron chi connectivity index (χ2n) is 5.49. The van der Waals surface area contributed by atoms with Crippen molar-refractivity contribution in [2.45, 2.75) is 45.4 Å². The molecule has 1 aromatic rings. The van der Waals surface area contributed by atoms with Gasteiger partial charge in [-0.25, -0.2) is 0 Å². The number of hydrogen-bond acceptors (Lipinski definition) is 2. The summed E-state index contributed by atoms with van der Waals surface area (Å²) in [6, 6.07) is 7.06. The summed E-state index contributed by atoms with van der Waals surface area (Å²) in [5.41, 5.74) is 1.27. The maximum absolute atomic E-state index is 11.9. The Morgan fingerprint density at radius 2 is 1.81 bits per heavy atom. The van der Waals surface area contributed by atoms with Gasteiger partial charge in [0.2, 0.25) is 5.91 Å². The average molecular weight is 290 g/mol. The summed E-state index contributed by atoms with van der Waals surface area (Å²) in [6.45, 7) is 2.18. The van der Waals surface area contributed by atoms with Gasteiger partial charge in [0.1, 0.15) is 0 Å². The molecule has 116 valence electrons. The Labute approximate surface area is 127 Å². The Bertz CT molecular complexity index is 470. The van der Waals surface area contributed by atoms with Crippen molar-refractivity contribution in [3.8, 4) is 0 Å². The third kappa shape index (κ3) is 6.43. The smallest absolute Gasteiger partial charge is 0.253 e. The molecule has 0 aliphatic carbocycles. The first-order chi connectivity index (χ1) is 10.0. The van der Waals surface area contributed by atoms with E-state index in [1.807, 2.05) is 0 Å². The van der Waals surface area contributed by atoms with Gasteiger partial charge >= 0.3 is 0 Å². The number of nitrogens with one attached hydrogen (secondary N) is 1. The van der Waals surface area contributed by atoms with Gasteiger partial charge in [-0.1, -0.05) is 38.7 Å². The van der Waals surface area contributed by atoms with E-state index in [0.717, 1.165) is 12.8 Å². The van der Waals surface area contributed by atoms with Gasteiger partial charge in [-0.2, -0.15) is 0 Å². The Kier molecular flexibility index (Phi) is 7.51. The molecule has 0 unspecified atom stereocenters. The van der Waals surface area contributed by atoms with E-state index >= 15 is 0 Å². The summed E-state index contributed by atoms with van der Waals surface area (Å²) in [5, 5.41) is 2.86. The molecule has 4 nitrogen and oxygen atoms in total. The number of amides is 2. The molecule has 1 rings (SSSR count). The molecule has 1 N–H and O–H groups in total. The van der Waals surface area contributed by atoms with Crippen molar-refractivity contribution < 1.29 is 9.59 Å². The summed E-state index contributed by atoms with van der Waals surface area (Å²) in [5.74, 6) is -0.0494. The number of nitrogens with zero attached hydrogens (tertiary/aromatic N) is 1. The van der Waals surface area contributed by atoms with Crippen molar-refractivity contribution >= 4 is 17.5 Å². The van der Waals surface area contributed by atoms with Crippen molar-refractivity contribution in [2.24, 2.45) is 0 Å². The molecule has 0 aliphatic rings. The van der Waals surface area contributed by atoms with E-state index in [1.54, 1.807) is 38.4 Å². The highest BCUT2D eigenvalue weighted by molar-refractivity contribution is 5.96. The molecule has 2 amide bonds. The van der Waals surface area contributed by atoms with E-state index in [2.05, 4.69) is 12.2 Å². The van der Waals surface area contributed by atoms with Crippen LogP contribution in [0.4, 0.5) is 5.69 Å². The zero-order valence-electron chi connectivity index (χ0n) is 13.3. The Morgan fingerprint density at radius 3 is 2.48 bits per heavy atom. The fourth-order valence-corrected chi connectivity index (χ4v) is 2.10. The van der Waals surface area contributed by atoms with E-state index in [-0.39, 0.29) is 11.8 Å². The van der Waals surface area contributed by atoms with Crippen LogP contribution in [0.1, 0.15) is 55.8 Å². The molecule has 0 heterocycles. The quantitative estimate of drug-likeness (QED) is 0.742. The van der Waals surface area contributed by atoms with Crippen LogP contribution in [0.25, 0.3) is 0 Å². The van der Waals surface area contributed by atoms with Gasteiger partial charge in [-0.3, -0.25) is 9.59 Å². The normalized spacial score (nSPS) is 10.2. The molecule has 0 saturated carbocycles. The average Bonchev–Trinajstić information content (AvgIpc) is 2.46. The first-order valence-corrected chi connectivity index (χ1v) is 7.66. The first kappa shape index (κ1) is 17.2. The minimum absolute atomic E-state index is 0.0148. The molecule has 0 spiro atoms. The lowest BCUT2D eigenvalue weighted by atomic mass is 10.1. The number of anilines is 1. The van der Waals surface area contributed by atoms with Crippen molar-refractivity contribution in [2.75, 3.05) is 19.4 Å². The second-order valence-corrected chi connectivity index (χ2v) is 5.49. The first-order valence-electron chi connectivity index (χ1n) is 7.66. The molecule has 21 heavy (non-hydrogen) atoms. The van der Waals surface area contributed by atoms with E-state index in [4.69, 9.17) is 0 Å². The maximum atomic E-state index is 11.9. The maximum Gasteiger partial charge on any atom is 0.253 e. The molecule has 0 aliphatic heterocycles. The van der Waals surface area contributed by atoms with Crippen molar-refractivity contribution in [3.05, 3.63) is 29.8 Å². The third-order valence-corrected chi connectivity index (χ3v) is 3.31. The summed E-state index contributed by atoms with van der Waals surface area (Å²) in [4.78, 5) is 25.2. The predicted molar refractivity (Wildman–Crippen MR) is 86.5 cm³/mol. The van der Waals surface area contributed by atoms with Gasteiger partial charge in [-0.05, 0) is 24.6 Å². The highest BCUT2D eigenvalue weighted by Crippen LogP contribution is 2.13. The molecule has 0 bridgehead atoms. The van der Waals surface area contributed by atoms with Gasteiger partial charge in [0.05, 0.1) is 0 Å². The van der Waals surface area contributed by atoms with Gasteiger partial charge in [-0.15, -0.1) is 0 Å². The second kappa shape index (κ2) is 9.16. The van der Waals surface area contributed by atoms with Gasteiger partial charge in [0.25, 0.3) is 5.91 Å². The zero-order chi connectivity index (χ0) is 15.7. The van der Waals surface area contributed by atoms with Gasteiger partial charge in [0.15, 0.2) is 0 Å². The van der Waals surface area contributed by atoms with Crippen LogP contribution in [0.15, 0.2) is 24.3 Å². The van der Waals surface area contributed by atoms with Crippen molar-refractivity contribution in [1.29, 1.82) is 0 Å². The monoisotopic (exact) mass is 290 g/mol. The van der Waals surface area contributed by atoms with Crippen LogP contribution in [-0.2, 0) is 4.79 Å². The summed E-state index contributed by atoms with van der Waals surface area (Å²) in [6.07, 6.45) is 6.18. The van der Waals surface area contributed by atoms with Crippen LogP contribution in [0, 0.1) is 0 Å². The van der Waals surface area contributed by atoms with E-state index in [9.17, 15) is 9.59 Å². The molecular formula is C17H26N2O2. The SMILES string of the molecule is CCCCCCCC(=O)Nc1cccc(C(=O)N(C)C)c1. The van der Waals surface area contributed by atoms with Gasteiger partial charge in [0, 0.05) is 31.8 Å². The molecule has 0 aromatic heterocycles. The number of benzene rings is 1. The summed E-state index contributed by atoms with van der Waals surface area (Å²) >= 11 is 0. The molecule has 1 aromatic carbocycles. The van der Waals surface area contributed by atoms with E-state index < -0.39 is 0 Å². The lowest BCUT2D eigenvalue weighted by Gasteiger charge is -2.11. The fraction of sp³-hybridized carbons (Fsp3) is 0.529. The lowest BCUT2D eigenvalue weighted by molar-refractivity contribution is -0.116. The molecular weight excluding hydrogens is 264 g/mol. The van der Waals surface area contributed by atoms with Crippen LogP contribution in [0.2, 0.25) is 0 Å². The minimum atomic E-state index is -0.0642. The molecule has 0 fully saturated rings. The molecule has 4 heteroatoms. The number of unbranched alkanes of at least 4 members (excludes halogenated alkanes) is 4. The Morgan fingerprint density at radius 1 is 1.10 bits per heavy atom. The van der Waals surface area contributed by atoms with Crippen LogP contribution in [0.5, 0.6) is 0 Å². The number of rotatable bonds is 8. The van der Waals surface area contributed by atoms with Crippen LogP contribution < -0.4 is 5.32 Å². The van der Waals surface area contributed by atoms with Crippen molar-refractivity contribution in [1.82, 2.24) is 4.90 Å². The Balaban J connectivity index is 2.45. The van der Waals surface area contributed by atoms with E-state index in [1.165, 1.54) is 24.2 Å². The summed E-state index contributed by atoms with van der Waals surface area (Å²) in [7, 11) is 3.42. The number of carbonyl (C=O) groups excluding carboxylic acids is 2. The van der Waals surface area contributed by atoms with Gasteiger partial charge < -0.3 is 10.2 Å². The number of hydrogen-bond donors (Lipinski definition) is 1. The molecule has 0 saturated heterocycles. The lowest BCUT2D eigenvalue weighted by Crippen LogP contribution is -2.21. The topological polar surface area (TPSA) is 49.4 Å². The Hall–Kier alpha value is -1.84. The zero-order valence-corrected chi connectivity index (χ0v) is 13.3. The highest BCUT2D eigenvalue weighted by atomic mass is 16.2. The number of carbonyl (C=O) groups is 2. The fourth-order valence-electron chi connectivity index (χ4n) is 2.10. The third-order valence-electron chi connectivity index (χ3n) is 3.31. The van der Waals surface area contributed by atoms with Crippen LogP contribution in [-0.4, -0.2) is 30.8 Å². The molecule has 0 radical (unpaired) electrons. The van der Waals surface area contributed by atoms with Crippen molar-refractivity contribution in [3.63, 3.8) is 0 Å².